The van der Waals surface area contributed by atoms with E-state index < -0.39 is 0 Å². The summed E-state index contributed by atoms with van der Waals surface area (Å²) in [5.41, 5.74) is 3.05. The van der Waals surface area contributed by atoms with Gasteiger partial charge in [0.1, 0.15) is 17.2 Å². The number of imidazole rings is 1. The lowest BCUT2D eigenvalue weighted by atomic mass is 10.3. The Balaban J connectivity index is 2.39. The van der Waals surface area contributed by atoms with Crippen LogP contribution in [0.3, 0.4) is 0 Å². The molecule has 21 heavy (non-hydrogen) atoms. The number of rotatable bonds is 2. The van der Waals surface area contributed by atoms with Crippen LogP contribution >= 0.6 is 27.5 Å². The van der Waals surface area contributed by atoms with Crippen LogP contribution in [0, 0.1) is 12.7 Å². The largest absolute Gasteiger partial charge is 0.278 e. The van der Waals surface area contributed by atoms with Crippen LogP contribution in [0.15, 0.2) is 34.9 Å². The molecule has 0 saturated carbocycles. The molecule has 1 atom stereocenters. The molecule has 0 aliphatic carbocycles. The molecule has 1 aromatic carbocycles. The molecule has 108 valence electrons. The zero-order chi connectivity index (χ0) is 15.1. The van der Waals surface area contributed by atoms with Crippen molar-refractivity contribution >= 4 is 38.7 Å². The van der Waals surface area contributed by atoms with Gasteiger partial charge >= 0.3 is 0 Å². The number of alkyl halides is 1. The van der Waals surface area contributed by atoms with Crippen LogP contribution in [-0.2, 0) is 0 Å². The Labute approximate surface area is 134 Å². The molecule has 0 bridgehead atoms. The van der Waals surface area contributed by atoms with E-state index >= 15 is 0 Å². The summed E-state index contributed by atoms with van der Waals surface area (Å²) in [4.78, 5) is 8.97. The van der Waals surface area contributed by atoms with Gasteiger partial charge in [0.25, 0.3) is 0 Å². The van der Waals surface area contributed by atoms with Gasteiger partial charge in [-0.3, -0.25) is 4.57 Å². The highest BCUT2D eigenvalue weighted by atomic mass is 79.9. The second kappa shape index (κ2) is 5.39. The van der Waals surface area contributed by atoms with Crippen LogP contribution in [0.5, 0.6) is 0 Å². The maximum atomic E-state index is 13.6. The molecule has 0 aliphatic rings. The summed E-state index contributed by atoms with van der Waals surface area (Å²) in [6, 6.07) is 6.44. The maximum Gasteiger partial charge on any atom is 0.164 e. The number of nitrogens with zero attached hydrogens (tertiary/aromatic N) is 3. The quantitative estimate of drug-likeness (QED) is 0.600. The summed E-state index contributed by atoms with van der Waals surface area (Å²) >= 11 is 9.69. The van der Waals surface area contributed by atoms with Crippen LogP contribution in [-0.4, -0.2) is 14.5 Å². The summed E-state index contributed by atoms with van der Waals surface area (Å²) in [7, 11) is 0. The Kier molecular flexibility index (Phi) is 3.71. The Bertz CT molecular complexity index is 829. The van der Waals surface area contributed by atoms with E-state index in [0.717, 1.165) is 15.6 Å². The van der Waals surface area contributed by atoms with Gasteiger partial charge in [-0.2, -0.15) is 0 Å². The smallest absolute Gasteiger partial charge is 0.164 e. The summed E-state index contributed by atoms with van der Waals surface area (Å²) in [6.07, 6.45) is 1.76. The highest BCUT2D eigenvalue weighted by Crippen LogP contribution is 2.31. The van der Waals surface area contributed by atoms with E-state index in [9.17, 15) is 4.39 Å². The van der Waals surface area contributed by atoms with Crippen LogP contribution in [0.25, 0.3) is 16.9 Å². The number of aryl methyl sites for hydroxylation is 1. The van der Waals surface area contributed by atoms with E-state index in [4.69, 9.17) is 11.6 Å². The first-order chi connectivity index (χ1) is 9.97. The third-order valence-electron chi connectivity index (χ3n) is 3.16. The number of fused-ring (bicyclic) bond motifs is 1. The molecule has 3 rings (SSSR count). The number of aromatic nitrogens is 3. The summed E-state index contributed by atoms with van der Waals surface area (Å²) in [5.74, 6) is 0.311. The second-order valence-corrected chi connectivity index (χ2v) is 6.38. The molecule has 0 amide bonds. The molecule has 6 heteroatoms. The number of pyridine rings is 1. The molecule has 2 heterocycles. The minimum absolute atomic E-state index is 0.324. The predicted molar refractivity (Wildman–Crippen MR) is 85.5 cm³/mol. The molecular formula is C15H12BrClFN3. The molecule has 2 aromatic heterocycles. The molecular weight excluding hydrogens is 357 g/mol. The first kappa shape index (κ1) is 14.5. The average molecular weight is 369 g/mol. The van der Waals surface area contributed by atoms with Crippen molar-refractivity contribution in [2.75, 3.05) is 0 Å². The summed E-state index contributed by atoms with van der Waals surface area (Å²) < 4.78 is 16.2. The van der Waals surface area contributed by atoms with Crippen LogP contribution < -0.4 is 0 Å². The van der Waals surface area contributed by atoms with Crippen LogP contribution in [0.1, 0.15) is 23.7 Å². The second-order valence-electron chi connectivity index (χ2n) is 4.87. The topological polar surface area (TPSA) is 30.7 Å². The lowest BCUT2D eigenvalue weighted by molar-refractivity contribution is 0.626. The Hall–Kier alpha value is -1.46. The molecule has 0 N–H and O–H groups in total. The molecule has 0 aliphatic heterocycles. The first-order valence-electron chi connectivity index (χ1n) is 6.42. The predicted octanol–water partition coefficient (Wildman–Crippen LogP) is 4.93. The van der Waals surface area contributed by atoms with Gasteiger partial charge in [-0.05, 0) is 59.6 Å². The number of halogens is 3. The highest BCUT2D eigenvalue weighted by Gasteiger charge is 2.19. The lowest BCUT2D eigenvalue weighted by Gasteiger charge is -2.12. The zero-order valence-electron chi connectivity index (χ0n) is 11.4. The van der Waals surface area contributed by atoms with E-state index in [1.807, 2.05) is 19.9 Å². The molecule has 0 saturated heterocycles. The fraction of sp³-hybridized carbons (Fsp3) is 0.200. The Morgan fingerprint density at radius 1 is 1.33 bits per heavy atom. The van der Waals surface area contributed by atoms with E-state index in [1.54, 1.807) is 16.8 Å². The number of hydrogen-bond acceptors (Lipinski definition) is 2. The molecule has 3 nitrogen and oxygen atoms in total. The van der Waals surface area contributed by atoms with Crippen molar-refractivity contribution in [3.05, 3.63) is 52.1 Å². The Morgan fingerprint density at radius 3 is 2.81 bits per heavy atom. The van der Waals surface area contributed by atoms with E-state index in [1.165, 1.54) is 12.1 Å². The molecule has 0 fully saturated rings. The fourth-order valence-electron chi connectivity index (χ4n) is 2.24. The minimum atomic E-state index is -0.324. The van der Waals surface area contributed by atoms with Gasteiger partial charge in [-0.15, -0.1) is 11.6 Å². The van der Waals surface area contributed by atoms with Gasteiger partial charge in [0.15, 0.2) is 5.65 Å². The molecule has 0 radical (unpaired) electrons. The molecule has 0 spiro atoms. The van der Waals surface area contributed by atoms with Crippen molar-refractivity contribution in [1.82, 2.24) is 14.5 Å². The van der Waals surface area contributed by atoms with Crippen LogP contribution in [0.4, 0.5) is 4.39 Å². The van der Waals surface area contributed by atoms with Crippen molar-refractivity contribution in [2.45, 2.75) is 19.2 Å². The Morgan fingerprint density at radius 2 is 2.10 bits per heavy atom. The van der Waals surface area contributed by atoms with Gasteiger partial charge in [-0.1, -0.05) is 0 Å². The number of hydrogen-bond donors (Lipinski definition) is 0. The standard InChI is InChI=1S/C15H12BrClFN3/c1-8-5-12-15(19-7-8)21(14(20-12)9(2)17)13-6-10(18)3-4-11(13)16/h3-7,9H,1-2H3. The lowest BCUT2D eigenvalue weighted by Crippen LogP contribution is -2.04. The van der Waals surface area contributed by atoms with Gasteiger partial charge in [-0.25, -0.2) is 14.4 Å². The SMILES string of the molecule is Cc1cnc2c(c1)nc(C(C)Cl)n2-c1cc(F)ccc1Br. The number of benzene rings is 1. The molecule has 1 unspecified atom stereocenters. The van der Waals surface area contributed by atoms with Gasteiger partial charge in [0.2, 0.25) is 0 Å². The maximum absolute atomic E-state index is 13.6. The van der Waals surface area contributed by atoms with Gasteiger partial charge < -0.3 is 0 Å². The minimum Gasteiger partial charge on any atom is -0.278 e. The van der Waals surface area contributed by atoms with Crippen molar-refractivity contribution in [3.63, 3.8) is 0 Å². The molecule has 3 aromatic rings. The van der Waals surface area contributed by atoms with Crippen molar-refractivity contribution in [2.24, 2.45) is 0 Å². The highest BCUT2D eigenvalue weighted by molar-refractivity contribution is 9.10. The van der Waals surface area contributed by atoms with E-state index in [2.05, 4.69) is 25.9 Å². The third-order valence-corrected chi connectivity index (χ3v) is 4.03. The average Bonchev–Trinajstić information content (AvgIpc) is 2.80. The monoisotopic (exact) mass is 367 g/mol. The van der Waals surface area contributed by atoms with Gasteiger partial charge in [0, 0.05) is 10.7 Å². The summed E-state index contributed by atoms with van der Waals surface area (Å²) in [5, 5.41) is -0.324. The third kappa shape index (κ3) is 2.56. The summed E-state index contributed by atoms with van der Waals surface area (Å²) in [6.45, 7) is 3.78. The van der Waals surface area contributed by atoms with Crippen molar-refractivity contribution in [3.8, 4) is 5.69 Å². The first-order valence-corrected chi connectivity index (χ1v) is 7.65. The zero-order valence-corrected chi connectivity index (χ0v) is 13.8. The van der Waals surface area contributed by atoms with Gasteiger partial charge in [0.05, 0.1) is 11.1 Å². The van der Waals surface area contributed by atoms with Crippen LogP contribution in [0.2, 0.25) is 0 Å². The van der Waals surface area contributed by atoms with E-state index in [-0.39, 0.29) is 11.2 Å². The normalized spacial score (nSPS) is 12.8. The van der Waals surface area contributed by atoms with E-state index in [0.29, 0.717) is 17.2 Å². The fourth-order valence-corrected chi connectivity index (χ4v) is 2.81. The van der Waals surface area contributed by atoms with Crippen molar-refractivity contribution < 1.29 is 4.39 Å². The van der Waals surface area contributed by atoms with Crippen molar-refractivity contribution in [1.29, 1.82) is 0 Å².